The molecule has 0 fully saturated rings. The molecule has 0 aliphatic rings. The summed E-state index contributed by atoms with van der Waals surface area (Å²) in [5, 5.41) is 12.1. The van der Waals surface area contributed by atoms with Gasteiger partial charge < -0.3 is 15.4 Å². The van der Waals surface area contributed by atoms with Crippen LogP contribution in [0.1, 0.15) is 6.92 Å². The third-order valence-electron chi connectivity index (χ3n) is 1.26. The number of carbonyl (C=O) groups excluding carboxylic acids is 1. The normalized spacial score (nSPS) is 9.80. The zero-order valence-corrected chi connectivity index (χ0v) is 8.83. The Balaban J connectivity index is 3.28. The maximum absolute atomic E-state index is 10.7. The van der Waals surface area contributed by atoms with E-state index in [2.05, 4.69) is 15.3 Å². The first-order valence-corrected chi connectivity index (χ1v) is 4.32. The minimum Gasteiger partial charge on any atom is -0.358 e. The fourth-order valence-electron chi connectivity index (χ4n) is 0.764. The van der Waals surface area contributed by atoms with Gasteiger partial charge in [0.25, 0.3) is 5.15 Å². The van der Waals surface area contributed by atoms with E-state index in [-0.39, 0.29) is 16.1 Å². The maximum atomic E-state index is 10.7. The molecule has 9 heteroatoms. The van der Waals surface area contributed by atoms with Crippen molar-refractivity contribution in [1.82, 2.24) is 9.97 Å². The molecule has 80 valence electrons. The summed E-state index contributed by atoms with van der Waals surface area (Å²) in [7, 11) is 0. The molecule has 0 unspecified atom stereocenters. The molecule has 1 aromatic rings. The van der Waals surface area contributed by atoms with Gasteiger partial charge >= 0.3 is 5.82 Å². The van der Waals surface area contributed by atoms with Crippen molar-refractivity contribution < 1.29 is 9.72 Å². The molecule has 1 amide bonds. The van der Waals surface area contributed by atoms with Gasteiger partial charge in [-0.05, 0) is 21.5 Å². The van der Waals surface area contributed by atoms with Crippen LogP contribution in [0.4, 0.5) is 11.6 Å². The Morgan fingerprint density at radius 3 is 2.40 bits per heavy atom. The number of amides is 1. The summed E-state index contributed by atoms with van der Waals surface area (Å²) in [6, 6.07) is 0. The number of carbonyl (C=O) groups is 1. The second kappa shape index (κ2) is 4.37. The van der Waals surface area contributed by atoms with Crippen LogP contribution in [0.15, 0.2) is 0 Å². The van der Waals surface area contributed by atoms with Gasteiger partial charge in [-0.15, -0.1) is 0 Å². The number of hydrogen-bond acceptors (Lipinski definition) is 5. The van der Waals surface area contributed by atoms with Gasteiger partial charge in [0.15, 0.2) is 5.15 Å². The van der Waals surface area contributed by atoms with Crippen molar-refractivity contribution >= 4 is 40.7 Å². The van der Waals surface area contributed by atoms with Crippen molar-refractivity contribution in [3.63, 3.8) is 0 Å². The monoisotopic (exact) mass is 250 g/mol. The van der Waals surface area contributed by atoms with Gasteiger partial charge in [-0.2, -0.15) is 0 Å². The first kappa shape index (κ1) is 11.6. The van der Waals surface area contributed by atoms with Crippen LogP contribution in [0.25, 0.3) is 0 Å². The van der Waals surface area contributed by atoms with Crippen molar-refractivity contribution in [3.8, 4) is 0 Å². The number of rotatable bonds is 2. The van der Waals surface area contributed by atoms with E-state index in [1.807, 2.05) is 0 Å². The highest BCUT2D eigenvalue weighted by atomic mass is 35.5. The van der Waals surface area contributed by atoms with E-state index in [4.69, 9.17) is 23.2 Å². The molecule has 1 N–H and O–H groups in total. The van der Waals surface area contributed by atoms with E-state index in [1.165, 1.54) is 6.92 Å². The molecule has 0 atom stereocenters. The summed E-state index contributed by atoms with van der Waals surface area (Å²) in [6.45, 7) is 1.17. The van der Waals surface area contributed by atoms with Gasteiger partial charge in [0.05, 0.1) is 0 Å². The summed E-state index contributed by atoms with van der Waals surface area (Å²) in [5.41, 5.74) is 0. The highest BCUT2D eigenvalue weighted by Gasteiger charge is 2.22. The highest BCUT2D eigenvalue weighted by molar-refractivity contribution is 6.40. The van der Waals surface area contributed by atoms with Crippen LogP contribution in [0, 0.1) is 10.1 Å². The van der Waals surface area contributed by atoms with Crippen molar-refractivity contribution in [2.45, 2.75) is 6.92 Å². The Hall–Kier alpha value is -1.47. The number of aromatic nitrogens is 2. The Morgan fingerprint density at radius 2 is 1.93 bits per heavy atom. The lowest BCUT2D eigenvalue weighted by atomic mass is 10.5. The summed E-state index contributed by atoms with van der Waals surface area (Å²) < 4.78 is 0. The zero-order valence-electron chi connectivity index (χ0n) is 7.32. The molecule has 1 rings (SSSR count). The standard InChI is InChI=1S/C6H4Cl2N4O3/c1-2(13)9-5-6(12(14)15)11-4(8)3(7)10-5/h1H3,(H,9,10,13). The zero-order chi connectivity index (χ0) is 11.6. The molecular formula is C6H4Cl2N4O3. The summed E-state index contributed by atoms with van der Waals surface area (Å²) >= 11 is 10.9. The van der Waals surface area contributed by atoms with Crippen LogP contribution in [0.3, 0.4) is 0 Å². The number of anilines is 1. The molecule has 0 saturated heterocycles. The number of halogens is 2. The topological polar surface area (TPSA) is 98.0 Å². The molecule has 0 aromatic carbocycles. The molecule has 7 nitrogen and oxygen atoms in total. The highest BCUT2D eigenvalue weighted by Crippen LogP contribution is 2.26. The van der Waals surface area contributed by atoms with Crippen LogP contribution in [-0.2, 0) is 4.79 Å². The lowest BCUT2D eigenvalue weighted by molar-refractivity contribution is -0.388. The molecule has 0 aliphatic carbocycles. The van der Waals surface area contributed by atoms with Gasteiger partial charge in [0.2, 0.25) is 11.7 Å². The van der Waals surface area contributed by atoms with Gasteiger partial charge in [0, 0.05) is 6.92 Å². The largest absolute Gasteiger partial charge is 0.408 e. The molecule has 0 saturated carbocycles. The Bertz CT molecular complexity index is 437. The fourth-order valence-corrected chi connectivity index (χ4v) is 1.01. The van der Waals surface area contributed by atoms with Crippen LogP contribution in [-0.4, -0.2) is 20.8 Å². The number of nitro groups is 1. The Kier molecular flexibility index (Phi) is 3.38. The van der Waals surface area contributed by atoms with E-state index >= 15 is 0 Å². The van der Waals surface area contributed by atoms with Crippen molar-refractivity contribution in [3.05, 3.63) is 20.4 Å². The number of nitrogens with zero attached hydrogens (tertiary/aromatic N) is 3. The van der Waals surface area contributed by atoms with Crippen molar-refractivity contribution in [1.29, 1.82) is 0 Å². The molecule has 0 aliphatic heterocycles. The van der Waals surface area contributed by atoms with Gasteiger partial charge in [-0.1, -0.05) is 11.6 Å². The van der Waals surface area contributed by atoms with Gasteiger partial charge in [-0.3, -0.25) is 4.79 Å². The SMILES string of the molecule is CC(=O)Nc1nc(Cl)c(Cl)nc1[N+](=O)[O-]. The molecule has 0 radical (unpaired) electrons. The average Bonchev–Trinajstić information content (AvgIpc) is 2.09. The smallest absolute Gasteiger partial charge is 0.358 e. The van der Waals surface area contributed by atoms with Crippen LogP contribution >= 0.6 is 23.2 Å². The first-order chi connectivity index (χ1) is 6.91. The number of nitrogens with one attached hydrogen (secondary N) is 1. The fraction of sp³-hybridized carbons (Fsp3) is 0.167. The second-order valence-corrected chi connectivity index (χ2v) is 3.13. The molecular weight excluding hydrogens is 247 g/mol. The van der Waals surface area contributed by atoms with Gasteiger partial charge in [0.1, 0.15) is 0 Å². The van der Waals surface area contributed by atoms with Crippen LogP contribution in [0.5, 0.6) is 0 Å². The Labute approximate surface area is 93.6 Å². The first-order valence-electron chi connectivity index (χ1n) is 3.57. The van der Waals surface area contributed by atoms with E-state index in [9.17, 15) is 14.9 Å². The summed E-state index contributed by atoms with van der Waals surface area (Å²) in [4.78, 5) is 27.3. The van der Waals surface area contributed by atoms with Crippen molar-refractivity contribution in [2.24, 2.45) is 0 Å². The molecule has 15 heavy (non-hydrogen) atoms. The summed E-state index contributed by atoms with van der Waals surface area (Å²) in [6.07, 6.45) is 0. The molecule has 0 bridgehead atoms. The van der Waals surface area contributed by atoms with E-state index < -0.39 is 16.6 Å². The third-order valence-corrected chi connectivity index (χ3v) is 1.89. The van der Waals surface area contributed by atoms with Crippen molar-refractivity contribution in [2.75, 3.05) is 5.32 Å². The van der Waals surface area contributed by atoms with E-state index in [1.54, 1.807) is 0 Å². The number of hydrogen-bond donors (Lipinski definition) is 1. The Morgan fingerprint density at radius 1 is 1.40 bits per heavy atom. The lowest BCUT2D eigenvalue weighted by Crippen LogP contribution is -2.11. The minimum atomic E-state index is -0.819. The minimum absolute atomic E-state index is 0.217. The van der Waals surface area contributed by atoms with Crippen LogP contribution < -0.4 is 5.32 Å². The lowest BCUT2D eigenvalue weighted by Gasteiger charge is -2.02. The predicted molar refractivity (Wildman–Crippen MR) is 53.0 cm³/mol. The molecule has 0 spiro atoms. The average molecular weight is 251 g/mol. The quantitative estimate of drug-likeness (QED) is 0.636. The second-order valence-electron chi connectivity index (χ2n) is 2.42. The van der Waals surface area contributed by atoms with Crippen LogP contribution in [0.2, 0.25) is 10.3 Å². The maximum Gasteiger partial charge on any atom is 0.408 e. The van der Waals surface area contributed by atoms with E-state index in [0.29, 0.717) is 0 Å². The van der Waals surface area contributed by atoms with Gasteiger partial charge in [-0.25, -0.2) is 4.98 Å². The van der Waals surface area contributed by atoms with E-state index in [0.717, 1.165) is 0 Å². The summed E-state index contributed by atoms with van der Waals surface area (Å²) in [5.74, 6) is -1.51. The molecule has 1 heterocycles. The predicted octanol–water partition coefficient (Wildman–Crippen LogP) is 1.65. The third kappa shape index (κ3) is 2.74. The molecule has 1 aromatic heterocycles.